The van der Waals surface area contributed by atoms with E-state index >= 15 is 0 Å². The Morgan fingerprint density at radius 3 is 2.58 bits per heavy atom. The zero-order valence-electron chi connectivity index (χ0n) is 6.84. The standard InChI is InChI=1S/C7H12F3NO/c1-12-5-2-3-11(7(9)10)6(8)4-5/h5-7H,2-4H2,1H3. The van der Waals surface area contributed by atoms with Crippen LogP contribution < -0.4 is 0 Å². The van der Waals surface area contributed by atoms with Crippen molar-refractivity contribution in [1.29, 1.82) is 0 Å². The summed E-state index contributed by atoms with van der Waals surface area (Å²) in [4.78, 5) is 0.551. The number of methoxy groups -OCH3 is 1. The molecule has 12 heavy (non-hydrogen) atoms. The van der Waals surface area contributed by atoms with E-state index in [1.165, 1.54) is 7.11 Å². The lowest BCUT2D eigenvalue weighted by molar-refractivity contribution is -0.130. The van der Waals surface area contributed by atoms with Gasteiger partial charge in [-0.05, 0) is 6.42 Å². The van der Waals surface area contributed by atoms with Gasteiger partial charge in [0, 0.05) is 20.1 Å². The smallest absolute Gasteiger partial charge is 0.297 e. The first-order valence-electron chi connectivity index (χ1n) is 3.86. The number of nitrogens with zero attached hydrogens (tertiary/aromatic N) is 1. The van der Waals surface area contributed by atoms with Gasteiger partial charge < -0.3 is 4.74 Å². The third-order valence-electron chi connectivity index (χ3n) is 2.11. The van der Waals surface area contributed by atoms with Crippen molar-refractivity contribution in [2.24, 2.45) is 0 Å². The average molecular weight is 183 g/mol. The molecule has 2 unspecified atom stereocenters. The molecule has 1 aliphatic rings. The molecule has 1 heterocycles. The quantitative estimate of drug-likeness (QED) is 0.603. The molecule has 0 N–H and O–H groups in total. The van der Waals surface area contributed by atoms with Crippen molar-refractivity contribution in [3.63, 3.8) is 0 Å². The van der Waals surface area contributed by atoms with Gasteiger partial charge in [-0.25, -0.2) is 9.29 Å². The number of hydrogen-bond donors (Lipinski definition) is 0. The van der Waals surface area contributed by atoms with E-state index in [1.54, 1.807) is 0 Å². The molecule has 5 heteroatoms. The lowest BCUT2D eigenvalue weighted by atomic mass is 10.1. The van der Waals surface area contributed by atoms with Crippen molar-refractivity contribution in [2.75, 3.05) is 13.7 Å². The molecule has 0 spiro atoms. The topological polar surface area (TPSA) is 12.5 Å². The van der Waals surface area contributed by atoms with Crippen LogP contribution in [0, 0.1) is 0 Å². The van der Waals surface area contributed by atoms with Crippen molar-refractivity contribution in [1.82, 2.24) is 4.90 Å². The van der Waals surface area contributed by atoms with Crippen LogP contribution in [0.15, 0.2) is 0 Å². The van der Waals surface area contributed by atoms with E-state index in [2.05, 4.69) is 0 Å². The molecule has 0 radical (unpaired) electrons. The Morgan fingerprint density at radius 2 is 2.17 bits per heavy atom. The Hall–Kier alpha value is -0.290. The van der Waals surface area contributed by atoms with Crippen molar-refractivity contribution < 1.29 is 17.9 Å². The average Bonchev–Trinajstić information content (AvgIpc) is 2.03. The van der Waals surface area contributed by atoms with Crippen LogP contribution >= 0.6 is 0 Å². The highest BCUT2D eigenvalue weighted by Crippen LogP contribution is 2.23. The highest BCUT2D eigenvalue weighted by molar-refractivity contribution is 4.75. The molecular weight excluding hydrogens is 171 g/mol. The zero-order chi connectivity index (χ0) is 9.14. The van der Waals surface area contributed by atoms with Crippen LogP contribution in [0.4, 0.5) is 13.2 Å². The minimum absolute atomic E-state index is 0.0425. The third-order valence-corrected chi connectivity index (χ3v) is 2.11. The zero-order valence-corrected chi connectivity index (χ0v) is 6.84. The fourth-order valence-electron chi connectivity index (χ4n) is 1.34. The van der Waals surface area contributed by atoms with Crippen LogP contribution in [-0.4, -0.2) is 37.5 Å². The fourth-order valence-corrected chi connectivity index (χ4v) is 1.34. The van der Waals surface area contributed by atoms with E-state index in [4.69, 9.17) is 4.74 Å². The van der Waals surface area contributed by atoms with Gasteiger partial charge in [-0.1, -0.05) is 0 Å². The van der Waals surface area contributed by atoms with Gasteiger partial charge in [0.1, 0.15) is 0 Å². The summed E-state index contributed by atoms with van der Waals surface area (Å²) in [5.74, 6) is 0. The number of ether oxygens (including phenoxy) is 1. The van der Waals surface area contributed by atoms with Gasteiger partial charge in [0.25, 0.3) is 6.55 Å². The second-order valence-corrected chi connectivity index (χ2v) is 2.83. The van der Waals surface area contributed by atoms with Crippen molar-refractivity contribution in [3.8, 4) is 0 Å². The van der Waals surface area contributed by atoms with Crippen LogP contribution in [0.5, 0.6) is 0 Å². The molecule has 1 aliphatic heterocycles. The number of hydrogen-bond acceptors (Lipinski definition) is 2. The van der Waals surface area contributed by atoms with Crippen molar-refractivity contribution in [3.05, 3.63) is 0 Å². The Morgan fingerprint density at radius 1 is 1.50 bits per heavy atom. The van der Waals surface area contributed by atoms with Gasteiger partial charge in [-0.15, -0.1) is 0 Å². The SMILES string of the molecule is COC1CCN(C(F)F)C(F)C1. The summed E-state index contributed by atoms with van der Waals surface area (Å²) < 4.78 is 41.9. The maximum atomic E-state index is 12.9. The Kier molecular flexibility index (Phi) is 3.34. The molecule has 1 saturated heterocycles. The van der Waals surface area contributed by atoms with Crippen LogP contribution in [0.2, 0.25) is 0 Å². The molecule has 2 nitrogen and oxygen atoms in total. The summed E-state index contributed by atoms with van der Waals surface area (Å²) in [7, 11) is 1.47. The van der Waals surface area contributed by atoms with Crippen LogP contribution in [-0.2, 0) is 4.74 Å². The summed E-state index contributed by atoms with van der Waals surface area (Å²) in [6.45, 7) is -2.63. The molecule has 0 saturated carbocycles. The van der Waals surface area contributed by atoms with E-state index in [-0.39, 0.29) is 19.1 Å². The molecule has 0 bridgehead atoms. The van der Waals surface area contributed by atoms with Crippen LogP contribution in [0.1, 0.15) is 12.8 Å². The first-order chi connectivity index (χ1) is 5.65. The summed E-state index contributed by atoms with van der Waals surface area (Å²) in [5.41, 5.74) is 0. The first-order valence-corrected chi connectivity index (χ1v) is 3.86. The molecule has 2 atom stereocenters. The highest BCUT2D eigenvalue weighted by atomic mass is 19.3. The van der Waals surface area contributed by atoms with E-state index < -0.39 is 12.8 Å². The van der Waals surface area contributed by atoms with Crippen molar-refractivity contribution >= 4 is 0 Å². The summed E-state index contributed by atoms with van der Waals surface area (Å²) in [6.07, 6.45) is -1.26. The molecular formula is C7H12F3NO. The number of halogens is 3. The predicted molar refractivity (Wildman–Crippen MR) is 37.6 cm³/mol. The summed E-state index contributed by atoms with van der Waals surface area (Å²) >= 11 is 0. The number of piperidine rings is 1. The Balaban J connectivity index is 2.42. The molecule has 1 fully saturated rings. The number of alkyl halides is 3. The molecule has 1 rings (SSSR count). The van der Waals surface area contributed by atoms with Gasteiger partial charge in [-0.2, -0.15) is 8.78 Å². The lowest BCUT2D eigenvalue weighted by Crippen LogP contribution is -2.45. The number of likely N-dealkylation sites (tertiary alicyclic amines) is 1. The molecule has 0 aromatic heterocycles. The van der Waals surface area contributed by atoms with Gasteiger partial charge in [0.2, 0.25) is 0 Å². The highest BCUT2D eigenvalue weighted by Gasteiger charge is 2.32. The maximum absolute atomic E-state index is 12.9. The Bertz CT molecular complexity index is 145. The first kappa shape index (κ1) is 9.80. The second-order valence-electron chi connectivity index (χ2n) is 2.83. The second kappa shape index (κ2) is 4.09. The van der Waals surface area contributed by atoms with E-state index in [1.807, 2.05) is 0 Å². The molecule has 0 aromatic rings. The lowest BCUT2D eigenvalue weighted by Gasteiger charge is -2.33. The van der Waals surface area contributed by atoms with Gasteiger partial charge >= 0.3 is 0 Å². The van der Waals surface area contributed by atoms with E-state index in [9.17, 15) is 13.2 Å². The molecule has 0 aromatic carbocycles. The molecule has 0 aliphatic carbocycles. The van der Waals surface area contributed by atoms with Crippen LogP contribution in [0.25, 0.3) is 0 Å². The summed E-state index contributed by atoms with van der Waals surface area (Å²) in [6, 6.07) is 0. The number of rotatable bonds is 2. The van der Waals surface area contributed by atoms with E-state index in [0.29, 0.717) is 11.3 Å². The minimum Gasteiger partial charge on any atom is -0.381 e. The summed E-state index contributed by atoms with van der Waals surface area (Å²) in [5, 5.41) is 0. The van der Waals surface area contributed by atoms with Gasteiger partial charge in [0.15, 0.2) is 6.30 Å². The molecule has 0 amide bonds. The van der Waals surface area contributed by atoms with Gasteiger partial charge in [-0.3, -0.25) is 0 Å². The maximum Gasteiger partial charge on any atom is 0.297 e. The monoisotopic (exact) mass is 183 g/mol. The van der Waals surface area contributed by atoms with E-state index in [0.717, 1.165) is 0 Å². The molecule has 72 valence electrons. The van der Waals surface area contributed by atoms with Crippen LogP contribution in [0.3, 0.4) is 0 Å². The fraction of sp³-hybridized carbons (Fsp3) is 1.00. The normalized spacial score (nSPS) is 32.8. The third kappa shape index (κ3) is 2.10. The van der Waals surface area contributed by atoms with Gasteiger partial charge in [0.05, 0.1) is 6.10 Å². The Labute approximate surface area is 69.3 Å². The van der Waals surface area contributed by atoms with Crippen molar-refractivity contribution in [2.45, 2.75) is 31.8 Å². The minimum atomic E-state index is -2.70. The largest absolute Gasteiger partial charge is 0.381 e. The predicted octanol–water partition coefficient (Wildman–Crippen LogP) is 1.62.